The topological polar surface area (TPSA) is 35.5 Å². The molecule has 2 atom stereocenters. The number of carbonyl (C=O) groups is 1. The maximum atomic E-state index is 11.1. The molecule has 0 aliphatic heterocycles. The molecule has 0 radical (unpaired) electrons. The van der Waals surface area contributed by atoms with Crippen LogP contribution in [0.25, 0.3) is 0 Å². The molecule has 3 nitrogen and oxygen atoms in total. The lowest BCUT2D eigenvalue weighted by molar-refractivity contribution is -0.143. The van der Waals surface area contributed by atoms with Crippen molar-refractivity contribution >= 4 is 5.97 Å². The minimum Gasteiger partial charge on any atom is -0.459 e. The van der Waals surface area contributed by atoms with Crippen molar-refractivity contribution in [1.82, 2.24) is 0 Å². The predicted molar refractivity (Wildman–Crippen MR) is 56.1 cm³/mol. The van der Waals surface area contributed by atoms with Crippen molar-refractivity contribution in [1.29, 1.82) is 0 Å². The Morgan fingerprint density at radius 2 is 1.79 bits per heavy atom. The molecule has 0 amide bonds. The molecule has 3 heteroatoms. The number of carbonyl (C=O) groups excluding carboxylic acids is 1. The lowest BCUT2D eigenvalue weighted by Gasteiger charge is -2.15. The Kier molecular flexibility index (Phi) is 6.21. The molecule has 0 aromatic heterocycles. The third-order valence-corrected chi connectivity index (χ3v) is 2.04. The summed E-state index contributed by atoms with van der Waals surface area (Å²) in [4.78, 5) is 11.1. The molecule has 0 bridgehead atoms. The van der Waals surface area contributed by atoms with Crippen LogP contribution in [0, 0.1) is 0 Å². The summed E-state index contributed by atoms with van der Waals surface area (Å²) in [6, 6.07) is 0. The zero-order valence-electron chi connectivity index (χ0n) is 9.50. The first-order valence-electron chi connectivity index (χ1n) is 4.86. The Balaban J connectivity index is 3.70. The van der Waals surface area contributed by atoms with E-state index in [9.17, 15) is 4.79 Å². The van der Waals surface area contributed by atoms with Crippen LogP contribution in [0.1, 0.15) is 33.6 Å². The summed E-state index contributed by atoms with van der Waals surface area (Å²) in [7, 11) is 1.68. The predicted octanol–water partition coefficient (Wildman–Crippen LogP) is 2.31. The van der Waals surface area contributed by atoms with E-state index in [2.05, 4.69) is 6.58 Å². The van der Waals surface area contributed by atoms with Crippen LogP contribution in [0.3, 0.4) is 0 Å². The van der Waals surface area contributed by atoms with Crippen LogP contribution in [0.15, 0.2) is 12.2 Å². The summed E-state index contributed by atoms with van der Waals surface area (Å²) in [6.07, 6.45) is 1.84. The van der Waals surface area contributed by atoms with Gasteiger partial charge in [-0.25, -0.2) is 4.79 Å². The molecule has 0 aliphatic carbocycles. The number of hydrogen-bond donors (Lipinski definition) is 0. The first kappa shape index (κ1) is 13.2. The quantitative estimate of drug-likeness (QED) is 0.487. The first-order valence-corrected chi connectivity index (χ1v) is 4.86. The molecule has 0 spiro atoms. The molecule has 0 fully saturated rings. The zero-order valence-corrected chi connectivity index (χ0v) is 9.50. The van der Waals surface area contributed by atoms with Crippen molar-refractivity contribution in [2.75, 3.05) is 7.11 Å². The van der Waals surface area contributed by atoms with Crippen LogP contribution in [-0.4, -0.2) is 25.3 Å². The average Bonchev–Trinajstić information content (AvgIpc) is 2.13. The van der Waals surface area contributed by atoms with Gasteiger partial charge in [0.25, 0.3) is 0 Å². The smallest absolute Gasteiger partial charge is 0.333 e. The Morgan fingerprint density at radius 3 is 2.21 bits per heavy atom. The van der Waals surface area contributed by atoms with Crippen LogP contribution in [0.5, 0.6) is 0 Å². The fourth-order valence-electron chi connectivity index (χ4n) is 0.930. The molecule has 0 heterocycles. The summed E-state index contributed by atoms with van der Waals surface area (Å²) in [5.41, 5.74) is 0.441. The third-order valence-electron chi connectivity index (χ3n) is 2.04. The molecule has 0 aromatic rings. The van der Waals surface area contributed by atoms with Crippen LogP contribution >= 0.6 is 0 Å². The SMILES string of the molecule is C=C(C)C(=O)OC(C)CCC(C)OC. The van der Waals surface area contributed by atoms with E-state index < -0.39 is 0 Å². The van der Waals surface area contributed by atoms with Crippen molar-refractivity contribution < 1.29 is 14.3 Å². The maximum absolute atomic E-state index is 11.1. The van der Waals surface area contributed by atoms with Gasteiger partial charge in [-0.2, -0.15) is 0 Å². The maximum Gasteiger partial charge on any atom is 0.333 e. The molecule has 14 heavy (non-hydrogen) atoms. The molecule has 0 N–H and O–H groups in total. The van der Waals surface area contributed by atoms with Gasteiger partial charge in [0.2, 0.25) is 0 Å². The van der Waals surface area contributed by atoms with Gasteiger partial charge in [0.05, 0.1) is 12.2 Å². The van der Waals surface area contributed by atoms with E-state index in [1.54, 1.807) is 14.0 Å². The Hall–Kier alpha value is -0.830. The van der Waals surface area contributed by atoms with E-state index in [0.29, 0.717) is 5.57 Å². The van der Waals surface area contributed by atoms with Gasteiger partial charge in [-0.05, 0) is 33.6 Å². The fourth-order valence-corrected chi connectivity index (χ4v) is 0.930. The highest BCUT2D eigenvalue weighted by molar-refractivity contribution is 5.87. The highest BCUT2D eigenvalue weighted by atomic mass is 16.5. The highest BCUT2D eigenvalue weighted by Gasteiger charge is 2.11. The Bertz CT molecular complexity index is 199. The van der Waals surface area contributed by atoms with Crippen molar-refractivity contribution in [3.8, 4) is 0 Å². The van der Waals surface area contributed by atoms with Crippen molar-refractivity contribution in [3.05, 3.63) is 12.2 Å². The van der Waals surface area contributed by atoms with Gasteiger partial charge in [0.15, 0.2) is 0 Å². The van der Waals surface area contributed by atoms with Gasteiger partial charge < -0.3 is 9.47 Å². The summed E-state index contributed by atoms with van der Waals surface area (Å²) < 4.78 is 10.2. The van der Waals surface area contributed by atoms with Gasteiger partial charge in [-0.15, -0.1) is 0 Å². The van der Waals surface area contributed by atoms with E-state index in [0.717, 1.165) is 12.8 Å². The average molecular weight is 200 g/mol. The zero-order chi connectivity index (χ0) is 11.1. The number of esters is 1. The number of rotatable bonds is 6. The summed E-state index contributed by atoms with van der Waals surface area (Å²) >= 11 is 0. The lowest BCUT2D eigenvalue weighted by Crippen LogP contribution is -2.17. The molecular formula is C11H20O3. The van der Waals surface area contributed by atoms with Gasteiger partial charge in [0.1, 0.15) is 0 Å². The summed E-state index contributed by atoms with van der Waals surface area (Å²) in [5, 5.41) is 0. The van der Waals surface area contributed by atoms with Crippen LogP contribution < -0.4 is 0 Å². The molecular weight excluding hydrogens is 180 g/mol. The summed E-state index contributed by atoms with van der Waals surface area (Å²) in [6.45, 7) is 9.04. The van der Waals surface area contributed by atoms with Gasteiger partial charge in [0, 0.05) is 12.7 Å². The second-order valence-corrected chi connectivity index (χ2v) is 3.62. The molecule has 0 aliphatic rings. The molecule has 82 valence electrons. The Labute approximate surface area is 86.1 Å². The lowest BCUT2D eigenvalue weighted by atomic mass is 10.1. The largest absolute Gasteiger partial charge is 0.459 e. The minimum atomic E-state index is -0.317. The van der Waals surface area contributed by atoms with Gasteiger partial charge in [-0.1, -0.05) is 6.58 Å². The summed E-state index contributed by atoms with van der Waals surface area (Å²) in [5.74, 6) is -0.317. The van der Waals surface area contributed by atoms with Crippen molar-refractivity contribution in [2.45, 2.75) is 45.8 Å². The van der Waals surface area contributed by atoms with Crippen molar-refractivity contribution in [2.24, 2.45) is 0 Å². The second-order valence-electron chi connectivity index (χ2n) is 3.62. The van der Waals surface area contributed by atoms with Crippen molar-refractivity contribution in [3.63, 3.8) is 0 Å². The number of hydrogen-bond acceptors (Lipinski definition) is 3. The van der Waals surface area contributed by atoms with Crippen LogP contribution in [0.2, 0.25) is 0 Å². The monoisotopic (exact) mass is 200 g/mol. The molecule has 2 unspecified atom stereocenters. The molecule has 0 rings (SSSR count). The van der Waals surface area contributed by atoms with E-state index >= 15 is 0 Å². The second kappa shape index (κ2) is 6.60. The number of methoxy groups -OCH3 is 1. The normalized spacial score (nSPS) is 14.6. The van der Waals surface area contributed by atoms with Gasteiger partial charge in [-0.3, -0.25) is 0 Å². The third kappa shape index (κ3) is 5.75. The number of ether oxygens (including phenoxy) is 2. The Morgan fingerprint density at radius 1 is 1.29 bits per heavy atom. The fraction of sp³-hybridized carbons (Fsp3) is 0.727. The standard InChI is InChI=1S/C11H20O3/c1-8(2)11(12)14-10(4)7-6-9(3)13-5/h9-10H,1,6-7H2,2-5H3. The highest BCUT2D eigenvalue weighted by Crippen LogP contribution is 2.08. The van der Waals surface area contributed by atoms with Crippen LogP contribution in [0.4, 0.5) is 0 Å². The molecule has 0 saturated carbocycles. The molecule has 0 aromatic carbocycles. The molecule has 0 saturated heterocycles. The van der Waals surface area contributed by atoms with E-state index in [1.807, 2.05) is 13.8 Å². The minimum absolute atomic E-state index is 0.0724. The van der Waals surface area contributed by atoms with E-state index in [4.69, 9.17) is 9.47 Å². The van der Waals surface area contributed by atoms with Gasteiger partial charge >= 0.3 is 5.97 Å². The first-order chi connectivity index (χ1) is 6.47. The van der Waals surface area contributed by atoms with Crippen LogP contribution in [-0.2, 0) is 14.3 Å². The van der Waals surface area contributed by atoms with E-state index in [1.165, 1.54) is 0 Å². The van der Waals surface area contributed by atoms with E-state index in [-0.39, 0.29) is 18.2 Å².